The zero-order valence-electron chi connectivity index (χ0n) is 17.7. The third-order valence-electron chi connectivity index (χ3n) is 5.81. The van der Waals surface area contributed by atoms with E-state index in [1.807, 2.05) is 13.8 Å². The molecule has 3 heterocycles. The maximum atomic E-state index is 13.1. The number of alkyl halides is 3. The van der Waals surface area contributed by atoms with Crippen molar-refractivity contribution in [2.75, 3.05) is 31.6 Å². The summed E-state index contributed by atoms with van der Waals surface area (Å²) in [6.07, 6.45) is -2.96. The fourth-order valence-corrected chi connectivity index (χ4v) is 5.14. The van der Waals surface area contributed by atoms with Gasteiger partial charge >= 0.3 is 6.18 Å². The van der Waals surface area contributed by atoms with Gasteiger partial charge in [0.25, 0.3) is 5.91 Å². The lowest BCUT2D eigenvalue weighted by Crippen LogP contribution is -3.14. The van der Waals surface area contributed by atoms with Crippen molar-refractivity contribution >= 4 is 22.2 Å². The van der Waals surface area contributed by atoms with E-state index in [0.29, 0.717) is 31.3 Å². The first kappa shape index (κ1) is 22.6. The Morgan fingerprint density at radius 2 is 1.81 bits per heavy atom. The van der Waals surface area contributed by atoms with Gasteiger partial charge in [0, 0.05) is 10.4 Å². The Hall–Kier alpha value is -2.62. The molecule has 1 fully saturated rings. The van der Waals surface area contributed by atoms with Gasteiger partial charge in [0.1, 0.15) is 24.1 Å². The number of anilines is 1. The molecule has 1 atom stereocenters. The number of hydrogen-bond donors (Lipinski definition) is 2. The number of nitrogens with one attached hydrogen (secondary N) is 2. The van der Waals surface area contributed by atoms with Crippen molar-refractivity contribution in [3.8, 4) is 0 Å². The second-order valence-corrected chi connectivity index (χ2v) is 9.01. The monoisotopic (exact) mass is 465 g/mol. The summed E-state index contributed by atoms with van der Waals surface area (Å²) in [4.78, 5) is 14.9. The van der Waals surface area contributed by atoms with Crippen molar-refractivity contribution in [1.82, 2.24) is 0 Å². The molecule has 3 aromatic rings. The Balaban J connectivity index is 1.77. The molecule has 2 aromatic heterocycles. The van der Waals surface area contributed by atoms with Crippen LogP contribution in [0.25, 0.3) is 0 Å². The van der Waals surface area contributed by atoms with Crippen LogP contribution < -0.4 is 10.2 Å². The number of quaternary nitrogens is 1. The van der Waals surface area contributed by atoms with Crippen molar-refractivity contribution in [3.05, 3.63) is 75.6 Å². The Kier molecular flexibility index (Phi) is 6.41. The van der Waals surface area contributed by atoms with Crippen LogP contribution in [0.15, 0.2) is 47.1 Å². The van der Waals surface area contributed by atoms with Gasteiger partial charge in [0.15, 0.2) is 5.76 Å². The van der Waals surface area contributed by atoms with Crippen LogP contribution in [0.3, 0.4) is 0 Å². The van der Waals surface area contributed by atoms with E-state index in [4.69, 9.17) is 9.15 Å². The molecule has 1 aliphatic heterocycles. The lowest BCUT2D eigenvalue weighted by Gasteiger charge is -2.32. The molecule has 5 nitrogen and oxygen atoms in total. The molecule has 0 aliphatic carbocycles. The molecule has 0 saturated carbocycles. The van der Waals surface area contributed by atoms with Gasteiger partial charge in [-0.2, -0.15) is 13.2 Å². The maximum absolute atomic E-state index is 13.1. The van der Waals surface area contributed by atoms with E-state index in [1.54, 1.807) is 24.3 Å². The molecule has 1 aromatic carbocycles. The van der Waals surface area contributed by atoms with Crippen molar-refractivity contribution in [2.45, 2.75) is 26.1 Å². The minimum absolute atomic E-state index is 0.199. The van der Waals surface area contributed by atoms with Gasteiger partial charge < -0.3 is 19.4 Å². The lowest BCUT2D eigenvalue weighted by molar-refractivity contribution is -0.933. The summed E-state index contributed by atoms with van der Waals surface area (Å²) >= 11 is 1.46. The third kappa shape index (κ3) is 4.60. The zero-order chi connectivity index (χ0) is 22.9. The number of amides is 1. The molecule has 1 saturated heterocycles. The molecule has 1 aliphatic rings. The largest absolute Gasteiger partial charge is 0.459 e. The van der Waals surface area contributed by atoms with Crippen LogP contribution in [0.5, 0.6) is 0 Å². The molecule has 0 radical (unpaired) electrons. The summed E-state index contributed by atoms with van der Waals surface area (Å²) in [5.74, 6) is -0.162. The predicted octanol–water partition coefficient (Wildman–Crippen LogP) is 4.23. The van der Waals surface area contributed by atoms with E-state index >= 15 is 0 Å². The second kappa shape index (κ2) is 9.09. The third-order valence-corrected chi connectivity index (χ3v) is 6.95. The highest BCUT2D eigenvalue weighted by Gasteiger charge is 2.35. The van der Waals surface area contributed by atoms with Crippen LogP contribution >= 0.6 is 11.3 Å². The highest BCUT2D eigenvalue weighted by Crippen LogP contribution is 2.39. The summed E-state index contributed by atoms with van der Waals surface area (Å²) in [5, 5.41) is 3.65. The first-order valence-corrected chi connectivity index (χ1v) is 11.1. The number of aryl methyl sites for hydroxylation is 1. The van der Waals surface area contributed by atoms with Gasteiger partial charge in [-0.25, -0.2) is 0 Å². The van der Waals surface area contributed by atoms with Crippen molar-refractivity contribution < 1.29 is 32.0 Å². The highest BCUT2D eigenvalue weighted by molar-refractivity contribution is 7.16. The lowest BCUT2D eigenvalue weighted by atomic mass is 9.93. The average molecular weight is 466 g/mol. The first-order valence-electron chi connectivity index (χ1n) is 10.3. The van der Waals surface area contributed by atoms with Gasteiger partial charge in [-0.05, 0) is 43.7 Å². The summed E-state index contributed by atoms with van der Waals surface area (Å²) in [6, 6.07) is 8.32. The molecule has 170 valence electrons. The molecule has 0 spiro atoms. The van der Waals surface area contributed by atoms with E-state index in [9.17, 15) is 18.0 Å². The number of morpholine rings is 1. The van der Waals surface area contributed by atoms with Crippen molar-refractivity contribution in [2.24, 2.45) is 0 Å². The molecule has 0 bridgehead atoms. The quantitative estimate of drug-likeness (QED) is 0.593. The van der Waals surface area contributed by atoms with E-state index in [-0.39, 0.29) is 17.7 Å². The number of carbonyl (C=O) groups excluding carboxylic acids is 1. The van der Waals surface area contributed by atoms with E-state index in [1.165, 1.54) is 22.5 Å². The molecule has 4 rings (SSSR count). The summed E-state index contributed by atoms with van der Waals surface area (Å²) in [6.45, 7) is 6.54. The topological polar surface area (TPSA) is 55.9 Å². The van der Waals surface area contributed by atoms with Gasteiger partial charge in [-0.3, -0.25) is 4.79 Å². The van der Waals surface area contributed by atoms with Crippen LogP contribution in [0.1, 0.15) is 43.7 Å². The van der Waals surface area contributed by atoms with E-state index in [0.717, 1.165) is 33.7 Å². The number of halogens is 3. The number of carbonyl (C=O) groups is 1. The standard InChI is InChI=1S/C23H23F3N2O3S/c1-14-15(2)32-22(27-21(29)18-4-3-11-31-18)19(14)20(28-9-12-30-13-10-28)16-5-7-17(8-6-16)23(24,25)26/h3-8,11,20H,9-10,12-13H2,1-2H3,(H,27,29)/p+1/t20-/m0/s1. The van der Waals surface area contributed by atoms with Crippen LogP contribution in [0.4, 0.5) is 18.2 Å². The van der Waals surface area contributed by atoms with Crippen LogP contribution in [-0.2, 0) is 10.9 Å². The van der Waals surface area contributed by atoms with Crippen LogP contribution in [-0.4, -0.2) is 32.2 Å². The minimum atomic E-state index is -4.39. The zero-order valence-corrected chi connectivity index (χ0v) is 18.5. The second-order valence-electron chi connectivity index (χ2n) is 7.78. The molecular formula is C23H24F3N2O3S+. The first-order chi connectivity index (χ1) is 15.3. The number of rotatable bonds is 5. The number of benzene rings is 1. The smallest absolute Gasteiger partial charge is 0.416 e. The van der Waals surface area contributed by atoms with Gasteiger partial charge in [0.2, 0.25) is 0 Å². The summed E-state index contributed by atoms with van der Waals surface area (Å²) in [7, 11) is 0. The van der Waals surface area contributed by atoms with Gasteiger partial charge in [-0.15, -0.1) is 11.3 Å². The summed E-state index contributed by atoms with van der Waals surface area (Å²) in [5.41, 5.74) is 2.03. The van der Waals surface area contributed by atoms with E-state index in [2.05, 4.69) is 5.32 Å². The maximum Gasteiger partial charge on any atom is 0.416 e. The number of ether oxygens (including phenoxy) is 1. The number of thiophene rings is 1. The van der Waals surface area contributed by atoms with E-state index < -0.39 is 11.7 Å². The van der Waals surface area contributed by atoms with Gasteiger partial charge in [-0.1, -0.05) is 12.1 Å². The van der Waals surface area contributed by atoms with Crippen molar-refractivity contribution in [1.29, 1.82) is 0 Å². The Labute approximate surface area is 187 Å². The van der Waals surface area contributed by atoms with Crippen LogP contribution in [0, 0.1) is 13.8 Å². The minimum Gasteiger partial charge on any atom is -0.459 e. The summed E-state index contributed by atoms with van der Waals surface area (Å²) < 4.78 is 50.1. The Morgan fingerprint density at radius 3 is 2.41 bits per heavy atom. The fourth-order valence-electron chi connectivity index (χ4n) is 4.05. The van der Waals surface area contributed by atoms with Crippen molar-refractivity contribution in [3.63, 3.8) is 0 Å². The molecule has 32 heavy (non-hydrogen) atoms. The number of hydrogen-bond acceptors (Lipinski definition) is 4. The fraction of sp³-hybridized carbons (Fsp3) is 0.348. The normalized spacial score (nSPS) is 16.2. The molecule has 1 amide bonds. The predicted molar refractivity (Wildman–Crippen MR) is 115 cm³/mol. The Bertz CT molecular complexity index is 1070. The number of furan rings is 1. The molecular weight excluding hydrogens is 441 g/mol. The van der Waals surface area contributed by atoms with Crippen LogP contribution in [0.2, 0.25) is 0 Å². The molecule has 2 N–H and O–H groups in total. The van der Waals surface area contributed by atoms with Gasteiger partial charge in [0.05, 0.1) is 30.6 Å². The molecule has 0 unspecified atom stereocenters. The average Bonchev–Trinajstić information content (AvgIpc) is 3.39. The Morgan fingerprint density at radius 1 is 1.12 bits per heavy atom. The SMILES string of the molecule is Cc1sc(NC(=O)c2ccco2)c([C@H](c2ccc(C(F)(F)F)cc2)[NH+]2CCOCC2)c1C. The highest BCUT2D eigenvalue weighted by atomic mass is 32.1. The molecule has 9 heteroatoms.